The molecule has 1 aromatic rings. The monoisotopic (exact) mass is 194 g/mol. The molecule has 0 fully saturated rings. The SMILES string of the molecule is CN1CCc2ncn(C(C)(C)CN)c21. The van der Waals surface area contributed by atoms with Gasteiger partial charge in [-0.1, -0.05) is 0 Å². The first kappa shape index (κ1) is 9.52. The highest BCUT2D eigenvalue weighted by atomic mass is 15.3. The zero-order valence-electron chi connectivity index (χ0n) is 9.12. The van der Waals surface area contributed by atoms with E-state index in [1.165, 1.54) is 11.5 Å². The van der Waals surface area contributed by atoms with Crippen molar-refractivity contribution >= 4 is 5.82 Å². The molecule has 4 nitrogen and oxygen atoms in total. The lowest BCUT2D eigenvalue weighted by Crippen LogP contribution is -2.36. The normalized spacial score (nSPS) is 16.1. The summed E-state index contributed by atoms with van der Waals surface area (Å²) in [7, 11) is 2.11. The third kappa shape index (κ3) is 1.21. The Morgan fingerprint density at radius 2 is 2.29 bits per heavy atom. The lowest BCUT2D eigenvalue weighted by atomic mass is 10.1. The number of likely N-dealkylation sites (N-methyl/N-ethyl adjacent to an activating group) is 1. The van der Waals surface area contributed by atoms with E-state index in [4.69, 9.17) is 5.73 Å². The summed E-state index contributed by atoms with van der Waals surface area (Å²) >= 11 is 0. The van der Waals surface area contributed by atoms with Crippen molar-refractivity contribution in [1.29, 1.82) is 0 Å². The molecule has 2 N–H and O–H groups in total. The Labute approximate surface area is 84.7 Å². The Balaban J connectivity index is 2.46. The van der Waals surface area contributed by atoms with E-state index in [-0.39, 0.29) is 5.54 Å². The van der Waals surface area contributed by atoms with E-state index in [2.05, 4.69) is 35.3 Å². The minimum absolute atomic E-state index is 0.0425. The Morgan fingerprint density at radius 1 is 1.57 bits per heavy atom. The molecule has 2 heterocycles. The molecule has 78 valence electrons. The van der Waals surface area contributed by atoms with Crippen molar-refractivity contribution in [2.24, 2.45) is 5.73 Å². The van der Waals surface area contributed by atoms with Gasteiger partial charge in [-0.3, -0.25) is 0 Å². The van der Waals surface area contributed by atoms with Crippen LogP contribution in [-0.4, -0.2) is 29.7 Å². The predicted molar refractivity (Wildman–Crippen MR) is 57.6 cm³/mol. The zero-order chi connectivity index (χ0) is 10.3. The van der Waals surface area contributed by atoms with E-state index in [9.17, 15) is 0 Å². The number of rotatable bonds is 2. The maximum absolute atomic E-state index is 5.77. The third-order valence-electron chi connectivity index (χ3n) is 3.01. The Kier molecular flexibility index (Phi) is 2.03. The van der Waals surface area contributed by atoms with E-state index in [0.717, 1.165) is 13.0 Å². The molecule has 4 heteroatoms. The fourth-order valence-electron chi connectivity index (χ4n) is 1.88. The van der Waals surface area contributed by atoms with Crippen LogP contribution in [0.4, 0.5) is 5.82 Å². The minimum Gasteiger partial charge on any atom is -0.359 e. The number of aromatic nitrogens is 2. The van der Waals surface area contributed by atoms with Crippen LogP contribution in [0.1, 0.15) is 19.5 Å². The highest BCUT2D eigenvalue weighted by Crippen LogP contribution is 2.30. The van der Waals surface area contributed by atoms with Gasteiger partial charge in [0.15, 0.2) is 0 Å². The second-order valence-corrected chi connectivity index (χ2v) is 4.57. The second-order valence-electron chi connectivity index (χ2n) is 4.57. The lowest BCUT2D eigenvalue weighted by Gasteiger charge is -2.28. The summed E-state index contributed by atoms with van der Waals surface area (Å²) in [4.78, 5) is 6.68. The van der Waals surface area contributed by atoms with Crippen LogP contribution >= 0.6 is 0 Å². The van der Waals surface area contributed by atoms with Gasteiger partial charge in [0.2, 0.25) is 0 Å². The van der Waals surface area contributed by atoms with Crippen LogP contribution in [0.25, 0.3) is 0 Å². The van der Waals surface area contributed by atoms with E-state index in [1.54, 1.807) is 0 Å². The minimum atomic E-state index is -0.0425. The molecule has 0 amide bonds. The molecular formula is C10H18N4. The Morgan fingerprint density at radius 3 is 2.93 bits per heavy atom. The first-order valence-electron chi connectivity index (χ1n) is 5.04. The summed E-state index contributed by atoms with van der Waals surface area (Å²) in [6.07, 6.45) is 2.96. The molecule has 2 rings (SSSR count). The van der Waals surface area contributed by atoms with Crippen molar-refractivity contribution in [3.8, 4) is 0 Å². The number of hydrogen-bond acceptors (Lipinski definition) is 3. The molecular weight excluding hydrogens is 176 g/mol. The van der Waals surface area contributed by atoms with E-state index in [1.807, 2.05) is 6.33 Å². The summed E-state index contributed by atoms with van der Waals surface area (Å²) in [5, 5.41) is 0. The van der Waals surface area contributed by atoms with Gasteiger partial charge in [-0.15, -0.1) is 0 Å². The van der Waals surface area contributed by atoms with Gasteiger partial charge in [-0.05, 0) is 13.8 Å². The van der Waals surface area contributed by atoms with Gasteiger partial charge >= 0.3 is 0 Å². The number of nitrogens with two attached hydrogens (primary N) is 1. The third-order valence-corrected chi connectivity index (χ3v) is 3.01. The Bertz CT molecular complexity index is 340. The number of imidazole rings is 1. The first-order chi connectivity index (χ1) is 6.56. The largest absolute Gasteiger partial charge is 0.359 e. The molecule has 0 bridgehead atoms. The van der Waals surface area contributed by atoms with Crippen molar-refractivity contribution < 1.29 is 0 Å². The maximum atomic E-state index is 5.77. The molecule has 1 aliphatic rings. The summed E-state index contributed by atoms with van der Waals surface area (Å²) in [5.41, 5.74) is 6.93. The summed E-state index contributed by atoms with van der Waals surface area (Å²) in [6.45, 7) is 5.98. The molecule has 0 atom stereocenters. The van der Waals surface area contributed by atoms with Crippen molar-refractivity contribution in [2.75, 3.05) is 25.0 Å². The molecule has 0 unspecified atom stereocenters. The molecule has 14 heavy (non-hydrogen) atoms. The average Bonchev–Trinajstić information content (AvgIpc) is 2.69. The van der Waals surface area contributed by atoms with E-state index in [0.29, 0.717) is 6.54 Å². The van der Waals surface area contributed by atoms with Gasteiger partial charge < -0.3 is 15.2 Å². The summed E-state index contributed by atoms with van der Waals surface area (Å²) < 4.78 is 2.19. The summed E-state index contributed by atoms with van der Waals surface area (Å²) in [5.74, 6) is 1.24. The van der Waals surface area contributed by atoms with Gasteiger partial charge in [0, 0.05) is 26.6 Å². The number of anilines is 1. The van der Waals surface area contributed by atoms with Gasteiger partial charge in [0.25, 0.3) is 0 Å². The van der Waals surface area contributed by atoms with E-state index >= 15 is 0 Å². The van der Waals surface area contributed by atoms with Crippen LogP contribution < -0.4 is 10.6 Å². The topological polar surface area (TPSA) is 47.1 Å². The van der Waals surface area contributed by atoms with Crippen LogP contribution in [0.2, 0.25) is 0 Å². The van der Waals surface area contributed by atoms with Crippen LogP contribution in [0, 0.1) is 0 Å². The molecule has 0 aliphatic carbocycles. The van der Waals surface area contributed by atoms with E-state index < -0.39 is 0 Å². The van der Waals surface area contributed by atoms with Crippen LogP contribution in [-0.2, 0) is 12.0 Å². The molecule has 1 aromatic heterocycles. The van der Waals surface area contributed by atoms with Crippen LogP contribution in [0.15, 0.2) is 6.33 Å². The molecule has 0 spiro atoms. The van der Waals surface area contributed by atoms with Crippen molar-refractivity contribution in [3.63, 3.8) is 0 Å². The van der Waals surface area contributed by atoms with Crippen molar-refractivity contribution in [2.45, 2.75) is 25.8 Å². The van der Waals surface area contributed by atoms with Gasteiger partial charge in [0.05, 0.1) is 17.6 Å². The molecule has 1 aliphatic heterocycles. The number of fused-ring (bicyclic) bond motifs is 1. The highest BCUT2D eigenvalue weighted by molar-refractivity contribution is 5.50. The highest BCUT2D eigenvalue weighted by Gasteiger charge is 2.28. The van der Waals surface area contributed by atoms with Crippen molar-refractivity contribution in [3.05, 3.63) is 12.0 Å². The number of nitrogens with zero attached hydrogens (tertiary/aromatic N) is 3. The van der Waals surface area contributed by atoms with Crippen LogP contribution in [0.5, 0.6) is 0 Å². The van der Waals surface area contributed by atoms with Gasteiger partial charge in [-0.2, -0.15) is 0 Å². The van der Waals surface area contributed by atoms with Crippen LogP contribution in [0.3, 0.4) is 0 Å². The first-order valence-corrected chi connectivity index (χ1v) is 5.04. The molecule has 0 aromatic carbocycles. The van der Waals surface area contributed by atoms with Gasteiger partial charge in [0.1, 0.15) is 5.82 Å². The molecule has 0 radical (unpaired) electrons. The quantitative estimate of drug-likeness (QED) is 0.748. The zero-order valence-corrected chi connectivity index (χ0v) is 9.12. The Hall–Kier alpha value is -1.03. The maximum Gasteiger partial charge on any atom is 0.132 e. The average molecular weight is 194 g/mol. The molecule has 0 saturated carbocycles. The predicted octanol–water partition coefficient (Wildman–Crippen LogP) is 0.569. The second kappa shape index (κ2) is 2.98. The smallest absolute Gasteiger partial charge is 0.132 e. The van der Waals surface area contributed by atoms with Gasteiger partial charge in [-0.25, -0.2) is 4.98 Å². The number of hydrogen-bond donors (Lipinski definition) is 1. The standard InChI is InChI=1S/C10H18N4/c1-10(2,6-11)14-7-12-8-4-5-13(3)9(8)14/h7H,4-6,11H2,1-3H3. The lowest BCUT2D eigenvalue weighted by molar-refractivity contribution is 0.368. The fourth-order valence-corrected chi connectivity index (χ4v) is 1.88. The summed E-state index contributed by atoms with van der Waals surface area (Å²) in [6, 6.07) is 0. The van der Waals surface area contributed by atoms with Crippen molar-refractivity contribution in [1.82, 2.24) is 9.55 Å². The molecule has 0 saturated heterocycles. The fraction of sp³-hybridized carbons (Fsp3) is 0.700.